The molecule has 2 N–H and O–H groups in total. The van der Waals surface area contributed by atoms with Gasteiger partial charge in [0.15, 0.2) is 0 Å². The van der Waals surface area contributed by atoms with Crippen molar-refractivity contribution < 1.29 is 5.11 Å². The van der Waals surface area contributed by atoms with E-state index in [0.717, 1.165) is 85.6 Å². The summed E-state index contributed by atoms with van der Waals surface area (Å²) in [5.41, 5.74) is 5.07. The molecule has 3 aromatic rings. The van der Waals surface area contributed by atoms with Gasteiger partial charge >= 0.3 is 0 Å². The summed E-state index contributed by atoms with van der Waals surface area (Å²) in [5, 5.41) is 10.3. The van der Waals surface area contributed by atoms with E-state index in [0.29, 0.717) is 0 Å². The van der Waals surface area contributed by atoms with Crippen molar-refractivity contribution in [1.82, 2.24) is 14.9 Å². The summed E-state index contributed by atoms with van der Waals surface area (Å²) >= 11 is 0. The first kappa shape index (κ1) is 20.0. The van der Waals surface area contributed by atoms with E-state index in [1.165, 1.54) is 5.56 Å². The zero-order chi connectivity index (χ0) is 21.4. The van der Waals surface area contributed by atoms with Crippen molar-refractivity contribution in [3.05, 3.63) is 63.6 Å². The summed E-state index contributed by atoms with van der Waals surface area (Å²) in [7, 11) is 2.08. The second kappa shape index (κ2) is 8.32. The highest BCUT2D eigenvalue weighted by Gasteiger charge is 2.21. The van der Waals surface area contributed by atoms with Crippen LogP contribution in [0.15, 0.2) is 41.3 Å². The normalized spacial score (nSPS) is 17.2. The highest BCUT2D eigenvalue weighted by molar-refractivity contribution is 5.93. The fourth-order valence-electron chi connectivity index (χ4n) is 4.83. The summed E-state index contributed by atoms with van der Waals surface area (Å²) in [6, 6.07) is 10.4. The van der Waals surface area contributed by atoms with Gasteiger partial charge in [0, 0.05) is 63.5 Å². The lowest BCUT2D eigenvalue weighted by atomic mass is 9.99. The predicted molar refractivity (Wildman–Crippen MR) is 124 cm³/mol. The monoisotopic (exact) mass is 419 g/mol. The minimum Gasteiger partial charge on any atom is -0.392 e. The number of piperazine rings is 1. The van der Waals surface area contributed by atoms with Gasteiger partial charge < -0.3 is 19.9 Å². The first-order valence-electron chi connectivity index (χ1n) is 11.0. The van der Waals surface area contributed by atoms with E-state index in [9.17, 15) is 9.90 Å². The predicted octanol–water partition coefficient (Wildman–Crippen LogP) is 2.12. The second-order valence-electron chi connectivity index (χ2n) is 8.63. The number of nitrogens with zero attached hydrogens (tertiary/aromatic N) is 4. The molecule has 0 aliphatic carbocycles. The number of aromatic amines is 1. The zero-order valence-electron chi connectivity index (χ0n) is 18.0. The number of H-pyrrole nitrogens is 1. The van der Waals surface area contributed by atoms with Crippen LogP contribution in [-0.2, 0) is 19.6 Å². The Hall–Kier alpha value is -2.90. The minimum absolute atomic E-state index is 0.0250. The average Bonchev–Trinajstić information content (AvgIpc) is 2.80. The molecule has 7 heteroatoms. The molecule has 5 rings (SSSR count). The van der Waals surface area contributed by atoms with Gasteiger partial charge in [-0.1, -0.05) is 18.2 Å². The number of fused-ring (bicyclic) bond motifs is 3. The van der Waals surface area contributed by atoms with Crippen LogP contribution in [0.4, 0.5) is 11.5 Å². The number of hydrogen-bond donors (Lipinski definition) is 2. The van der Waals surface area contributed by atoms with Crippen LogP contribution < -0.4 is 15.4 Å². The van der Waals surface area contributed by atoms with Gasteiger partial charge in [0.05, 0.1) is 17.8 Å². The third kappa shape index (κ3) is 3.91. The van der Waals surface area contributed by atoms with Crippen LogP contribution >= 0.6 is 0 Å². The fraction of sp³-hybridized carbons (Fsp3) is 0.417. The Bertz CT molecular complexity index is 1130. The molecule has 31 heavy (non-hydrogen) atoms. The summed E-state index contributed by atoms with van der Waals surface area (Å²) in [6.45, 7) is 5.67. The van der Waals surface area contributed by atoms with Crippen molar-refractivity contribution in [3.8, 4) is 0 Å². The van der Waals surface area contributed by atoms with Crippen LogP contribution in [0, 0.1) is 0 Å². The van der Waals surface area contributed by atoms with E-state index >= 15 is 0 Å². The summed E-state index contributed by atoms with van der Waals surface area (Å²) in [5.74, 6) is 0.967. The maximum atomic E-state index is 12.6. The number of hydrogen-bond acceptors (Lipinski definition) is 6. The molecule has 2 aliphatic rings. The third-order valence-corrected chi connectivity index (χ3v) is 6.54. The van der Waals surface area contributed by atoms with Crippen LogP contribution in [0.3, 0.4) is 0 Å². The number of aliphatic hydroxyl groups excluding tert-OH is 1. The molecular weight excluding hydrogens is 390 g/mol. The van der Waals surface area contributed by atoms with E-state index in [2.05, 4.69) is 49.9 Å². The Balaban J connectivity index is 1.29. The van der Waals surface area contributed by atoms with Gasteiger partial charge in [0.1, 0.15) is 5.82 Å². The van der Waals surface area contributed by atoms with Gasteiger partial charge in [-0.15, -0.1) is 0 Å². The molecule has 7 nitrogen and oxygen atoms in total. The molecule has 1 saturated heterocycles. The van der Waals surface area contributed by atoms with Crippen molar-refractivity contribution >= 4 is 22.4 Å². The molecule has 0 bridgehead atoms. The Kier molecular flexibility index (Phi) is 5.38. The van der Waals surface area contributed by atoms with Gasteiger partial charge in [-0.3, -0.25) is 9.69 Å². The van der Waals surface area contributed by atoms with Crippen LogP contribution in [0.2, 0.25) is 0 Å². The highest BCUT2D eigenvalue weighted by Crippen LogP contribution is 2.31. The number of rotatable bonds is 4. The van der Waals surface area contributed by atoms with E-state index < -0.39 is 0 Å². The zero-order valence-corrected chi connectivity index (χ0v) is 18.0. The molecule has 1 aromatic carbocycles. The molecule has 4 heterocycles. The summed E-state index contributed by atoms with van der Waals surface area (Å²) in [6.07, 6.45) is 3.63. The highest BCUT2D eigenvalue weighted by atomic mass is 16.3. The first-order valence-corrected chi connectivity index (χ1v) is 11.0. The van der Waals surface area contributed by atoms with Crippen LogP contribution in [0.1, 0.15) is 23.1 Å². The number of pyridine rings is 2. The molecule has 0 unspecified atom stereocenters. The Morgan fingerprint density at radius 2 is 1.87 bits per heavy atom. The van der Waals surface area contributed by atoms with Gasteiger partial charge in [-0.2, -0.15) is 0 Å². The lowest BCUT2D eigenvalue weighted by molar-refractivity contribution is 0.249. The third-order valence-electron chi connectivity index (χ3n) is 6.54. The smallest absolute Gasteiger partial charge is 0.253 e. The van der Waals surface area contributed by atoms with Gasteiger partial charge in [0.2, 0.25) is 0 Å². The molecule has 0 atom stereocenters. The van der Waals surface area contributed by atoms with Crippen LogP contribution in [-0.4, -0.2) is 59.7 Å². The minimum atomic E-state index is 0.0250. The van der Waals surface area contributed by atoms with Gasteiger partial charge in [-0.25, -0.2) is 4.98 Å². The molecule has 0 spiro atoms. The first-order chi connectivity index (χ1) is 15.1. The number of benzene rings is 1. The van der Waals surface area contributed by atoms with E-state index in [1.54, 1.807) is 6.20 Å². The molecule has 1 fully saturated rings. The molecular formula is C24H29N5O2. The molecule has 162 valence electrons. The van der Waals surface area contributed by atoms with Crippen molar-refractivity contribution in [1.29, 1.82) is 0 Å². The second-order valence-corrected chi connectivity index (χ2v) is 8.63. The number of aliphatic hydroxyl groups is 1. The van der Waals surface area contributed by atoms with Crippen molar-refractivity contribution in [2.24, 2.45) is 0 Å². The molecule has 2 aromatic heterocycles. The largest absolute Gasteiger partial charge is 0.392 e. The number of anilines is 2. The quantitative estimate of drug-likeness (QED) is 0.675. The maximum Gasteiger partial charge on any atom is 0.253 e. The van der Waals surface area contributed by atoms with Crippen molar-refractivity contribution in [3.63, 3.8) is 0 Å². The van der Waals surface area contributed by atoms with Gasteiger partial charge in [-0.05, 0) is 36.1 Å². The average molecular weight is 420 g/mol. The molecule has 2 aliphatic heterocycles. The van der Waals surface area contributed by atoms with E-state index in [1.807, 2.05) is 12.1 Å². The van der Waals surface area contributed by atoms with Crippen molar-refractivity contribution in [2.75, 3.05) is 49.6 Å². The van der Waals surface area contributed by atoms with E-state index in [-0.39, 0.29) is 12.2 Å². The van der Waals surface area contributed by atoms with E-state index in [4.69, 9.17) is 0 Å². The topological polar surface area (TPSA) is 75.7 Å². The molecule has 0 saturated carbocycles. The van der Waals surface area contributed by atoms with Crippen LogP contribution in [0.5, 0.6) is 0 Å². The molecule has 0 amide bonds. The van der Waals surface area contributed by atoms with Gasteiger partial charge in [0.25, 0.3) is 5.56 Å². The Labute approximate surface area is 181 Å². The van der Waals surface area contributed by atoms with Crippen molar-refractivity contribution in [2.45, 2.75) is 26.0 Å². The maximum absolute atomic E-state index is 12.6. The fourth-order valence-corrected chi connectivity index (χ4v) is 4.83. The molecule has 0 radical (unpaired) electrons. The lowest BCUT2D eigenvalue weighted by Crippen LogP contribution is -2.46. The Morgan fingerprint density at radius 1 is 1.06 bits per heavy atom. The summed E-state index contributed by atoms with van der Waals surface area (Å²) in [4.78, 5) is 27.2. The number of aromatic nitrogens is 2. The van der Waals surface area contributed by atoms with Crippen LogP contribution in [0.25, 0.3) is 10.9 Å². The number of nitrogens with one attached hydrogen (secondary N) is 1. The Morgan fingerprint density at radius 3 is 2.61 bits per heavy atom. The summed E-state index contributed by atoms with van der Waals surface area (Å²) < 4.78 is 0. The SMILES string of the molecule is CN1CCCc2c1c1ccc(CN3CCN(c4ccc(CO)cn4)CC3)cc1[nH]c2=O. The lowest BCUT2D eigenvalue weighted by Gasteiger charge is -2.35. The standard InChI is InChI=1S/C24H29N5O2/c1-27-8-2-3-20-23(27)19-6-4-17(13-21(19)26-24(20)31)15-28-9-11-29(12-10-28)22-7-5-18(16-30)14-25-22/h4-7,13-14,30H,2-3,8-12,15-16H2,1H3,(H,26,31).